The molecule has 1 saturated heterocycles. The van der Waals surface area contributed by atoms with E-state index in [1.54, 1.807) is 11.8 Å². The van der Waals surface area contributed by atoms with E-state index in [4.69, 9.17) is 10.8 Å². The van der Waals surface area contributed by atoms with Crippen molar-refractivity contribution in [1.82, 2.24) is 4.90 Å². The van der Waals surface area contributed by atoms with E-state index < -0.39 is 5.97 Å². The third kappa shape index (κ3) is 3.10. The van der Waals surface area contributed by atoms with E-state index in [0.717, 1.165) is 5.56 Å². The van der Waals surface area contributed by atoms with Gasteiger partial charge < -0.3 is 15.7 Å². The maximum atomic E-state index is 12.0. The first-order valence-electron chi connectivity index (χ1n) is 6.83. The molecule has 3 N–H and O–H groups in total. The van der Waals surface area contributed by atoms with Crippen molar-refractivity contribution < 1.29 is 14.7 Å². The van der Waals surface area contributed by atoms with Gasteiger partial charge in [-0.2, -0.15) is 0 Å². The van der Waals surface area contributed by atoms with E-state index in [1.807, 2.05) is 24.3 Å². The van der Waals surface area contributed by atoms with Crippen LogP contribution in [0.3, 0.4) is 0 Å². The highest BCUT2D eigenvalue weighted by molar-refractivity contribution is 5.78. The molecule has 1 aromatic carbocycles. The quantitative estimate of drug-likeness (QED) is 0.796. The van der Waals surface area contributed by atoms with E-state index in [0.29, 0.717) is 31.6 Å². The van der Waals surface area contributed by atoms with Crippen molar-refractivity contribution in [3.05, 3.63) is 29.8 Å². The Bertz CT molecular complexity index is 510. The fourth-order valence-corrected chi connectivity index (χ4v) is 2.40. The molecule has 0 spiro atoms. The normalized spacial score (nSPS) is 16.6. The molecule has 1 unspecified atom stereocenters. The van der Waals surface area contributed by atoms with Crippen molar-refractivity contribution in [3.8, 4) is 0 Å². The van der Waals surface area contributed by atoms with E-state index in [2.05, 4.69) is 0 Å². The van der Waals surface area contributed by atoms with Crippen molar-refractivity contribution in [3.63, 3.8) is 0 Å². The number of nitrogens with zero attached hydrogens (tertiary/aromatic N) is 1. The zero-order chi connectivity index (χ0) is 14.7. The van der Waals surface area contributed by atoms with Gasteiger partial charge in [0, 0.05) is 31.1 Å². The number of para-hydroxylation sites is 1. The number of nitrogen functional groups attached to an aromatic ring is 1. The Balaban J connectivity index is 1.78. The summed E-state index contributed by atoms with van der Waals surface area (Å²) in [5.41, 5.74) is 7.53. The van der Waals surface area contributed by atoms with E-state index >= 15 is 0 Å². The molecular weight excluding hydrogens is 256 g/mol. The second kappa shape index (κ2) is 5.94. The molecule has 5 nitrogen and oxygen atoms in total. The van der Waals surface area contributed by atoms with Crippen LogP contribution in [0.2, 0.25) is 0 Å². The van der Waals surface area contributed by atoms with E-state index in [9.17, 15) is 9.59 Å². The van der Waals surface area contributed by atoms with Crippen molar-refractivity contribution in [1.29, 1.82) is 0 Å². The number of benzene rings is 1. The number of carbonyl (C=O) groups is 2. The van der Waals surface area contributed by atoms with Crippen LogP contribution in [-0.2, 0) is 16.0 Å². The third-order valence-corrected chi connectivity index (χ3v) is 4.02. The SMILES string of the molecule is CC(C(=O)O)C1CN(C(=O)CCc2ccccc2N)C1. The molecule has 1 heterocycles. The maximum absolute atomic E-state index is 12.0. The average molecular weight is 276 g/mol. The molecule has 0 radical (unpaired) electrons. The fraction of sp³-hybridized carbons (Fsp3) is 0.467. The molecule has 0 saturated carbocycles. The Kier molecular flexibility index (Phi) is 4.27. The lowest BCUT2D eigenvalue weighted by Gasteiger charge is -2.41. The Morgan fingerprint density at radius 2 is 2.05 bits per heavy atom. The Morgan fingerprint density at radius 3 is 2.65 bits per heavy atom. The van der Waals surface area contributed by atoms with Gasteiger partial charge in [0.25, 0.3) is 0 Å². The highest BCUT2D eigenvalue weighted by Gasteiger charge is 2.36. The summed E-state index contributed by atoms with van der Waals surface area (Å²) in [7, 11) is 0. The van der Waals surface area contributed by atoms with Crippen molar-refractivity contribution in [2.24, 2.45) is 11.8 Å². The summed E-state index contributed by atoms with van der Waals surface area (Å²) in [6, 6.07) is 7.53. The summed E-state index contributed by atoms with van der Waals surface area (Å²) < 4.78 is 0. The molecule has 20 heavy (non-hydrogen) atoms. The van der Waals surface area contributed by atoms with Crippen LogP contribution >= 0.6 is 0 Å². The third-order valence-electron chi connectivity index (χ3n) is 4.02. The monoisotopic (exact) mass is 276 g/mol. The predicted octanol–water partition coefficient (Wildman–Crippen LogP) is 1.38. The number of carbonyl (C=O) groups excluding carboxylic acids is 1. The van der Waals surface area contributed by atoms with Crippen LogP contribution in [0.1, 0.15) is 18.9 Å². The number of amides is 1. The molecule has 0 aromatic heterocycles. The first kappa shape index (κ1) is 14.4. The second-order valence-electron chi connectivity index (χ2n) is 5.38. The van der Waals surface area contributed by atoms with Crippen LogP contribution in [0.25, 0.3) is 0 Å². The van der Waals surface area contributed by atoms with Gasteiger partial charge in [-0.05, 0) is 18.1 Å². The minimum atomic E-state index is -0.792. The lowest BCUT2D eigenvalue weighted by Crippen LogP contribution is -2.53. The highest BCUT2D eigenvalue weighted by atomic mass is 16.4. The van der Waals surface area contributed by atoms with Gasteiger partial charge in [0.05, 0.1) is 5.92 Å². The van der Waals surface area contributed by atoms with Crippen LogP contribution in [-0.4, -0.2) is 35.0 Å². The largest absolute Gasteiger partial charge is 0.481 e. The lowest BCUT2D eigenvalue weighted by molar-refractivity contribution is -0.150. The van der Waals surface area contributed by atoms with Crippen LogP contribution in [0, 0.1) is 11.8 Å². The number of aliphatic carboxylic acids is 1. The van der Waals surface area contributed by atoms with Gasteiger partial charge in [-0.3, -0.25) is 9.59 Å². The first-order chi connectivity index (χ1) is 9.49. The molecule has 1 aliphatic rings. The lowest BCUT2D eigenvalue weighted by atomic mass is 9.87. The summed E-state index contributed by atoms with van der Waals surface area (Å²) in [6.07, 6.45) is 1.05. The van der Waals surface area contributed by atoms with Crippen molar-refractivity contribution in [2.45, 2.75) is 19.8 Å². The molecule has 1 aromatic rings. The number of hydrogen-bond acceptors (Lipinski definition) is 3. The zero-order valence-electron chi connectivity index (χ0n) is 11.6. The summed E-state index contributed by atoms with van der Waals surface area (Å²) in [5, 5.41) is 8.91. The predicted molar refractivity (Wildman–Crippen MR) is 76.0 cm³/mol. The molecular formula is C15H20N2O3. The molecule has 1 fully saturated rings. The molecule has 5 heteroatoms. The summed E-state index contributed by atoms with van der Waals surface area (Å²) in [5.74, 6) is -1.02. The summed E-state index contributed by atoms with van der Waals surface area (Å²) in [6.45, 7) is 2.80. The molecule has 108 valence electrons. The summed E-state index contributed by atoms with van der Waals surface area (Å²) in [4.78, 5) is 24.6. The average Bonchev–Trinajstić information content (AvgIpc) is 2.35. The molecule has 2 rings (SSSR count). The molecule has 0 aliphatic carbocycles. The van der Waals surface area contributed by atoms with Gasteiger partial charge in [0.1, 0.15) is 0 Å². The zero-order valence-corrected chi connectivity index (χ0v) is 11.6. The van der Waals surface area contributed by atoms with Crippen molar-refractivity contribution >= 4 is 17.6 Å². The van der Waals surface area contributed by atoms with Gasteiger partial charge >= 0.3 is 5.97 Å². The second-order valence-corrected chi connectivity index (χ2v) is 5.38. The van der Waals surface area contributed by atoms with E-state index in [-0.39, 0.29) is 17.7 Å². The highest BCUT2D eigenvalue weighted by Crippen LogP contribution is 2.25. The Morgan fingerprint density at radius 1 is 1.40 bits per heavy atom. The minimum Gasteiger partial charge on any atom is -0.481 e. The topological polar surface area (TPSA) is 83.6 Å². The van der Waals surface area contributed by atoms with Gasteiger partial charge in [-0.1, -0.05) is 25.1 Å². The van der Waals surface area contributed by atoms with Crippen LogP contribution in [0.4, 0.5) is 5.69 Å². The van der Waals surface area contributed by atoms with Crippen molar-refractivity contribution in [2.75, 3.05) is 18.8 Å². The number of anilines is 1. The van der Waals surface area contributed by atoms with Gasteiger partial charge in [-0.25, -0.2) is 0 Å². The number of carboxylic acids is 1. The van der Waals surface area contributed by atoms with Crippen LogP contribution in [0.5, 0.6) is 0 Å². The van der Waals surface area contributed by atoms with Crippen LogP contribution in [0.15, 0.2) is 24.3 Å². The Labute approximate surface area is 118 Å². The van der Waals surface area contributed by atoms with Crippen LogP contribution < -0.4 is 5.73 Å². The number of carboxylic acid groups (broad SMARTS) is 1. The van der Waals surface area contributed by atoms with Gasteiger partial charge in [0.15, 0.2) is 0 Å². The standard InChI is InChI=1S/C15H20N2O3/c1-10(15(19)20)12-8-17(9-12)14(18)7-6-11-4-2-3-5-13(11)16/h2-5,10,12H,6-9,16H2,1H3,(H,19,20). The summed E-state index contributed by atoms with van der Waals surface area (Å²) >= 11 is 0. The molecule has 1 amide bonds. The number of aryl methyl sites for hydroxylation is 1. The minimum absolute atomic E-state index is 0.0714. The number of likely N-dealkylation sites (tertiary alicyclic amines) is 1. The van der Waals surface area contributed by atoms with E-state index in [1.165, 1.54) is 0 Å². The fourth-order valence-electron chi connectivity index (χ4n) is 2.40. The number of nitrogens with two attached hydrogens (primary N) is 1. The Hall–Kier alpha value is -2.04. The van der Waals surface area contributed by atoms with Gasteiger partial charge in [-0.15, -0.1) is 0 Å². The molecule has 1 atom stereocenters. The smallest absolute Gasteiger partial charge is 0.306 e. The number of rotatable bonds is 5. The molecule has 0 bridgehead atoms. The number of hydrogen-bond donors (Lipinski definition) is 2. The van der Waals surface area contributed by atoms with Gasteiger partial charge in [0.2, 0.25) is 5.91 Å². The first-order valence-corrected chi connectivity index (χ1v) is 6.83. The molecule has 1 aliphatic heterocycles. The maximum Gasteiger partial charge on any atom is 0.306 e.